The van der Waals surface area contributed by atoms with Crippen molar-refractivity contribution in [3.05, 3.63) is 176 Å². The molecule has 0 N–H and O–H groups in total. The van der Waals surface area contributed by atoms with Crippen LogP contribution >= 0.6 is 0 Å². The maximum atomic E-state index is 5.01. The van der Waals surface area contributed by atoms with Crippen LogP contribution in [0.25, 0.3) is 77.7 Å². The highest BCUT2D eigenvalue weighted by Crippen LogP contribution is 2.44. The summed E-state index contributed by atoms with van der Waals surface area (Å²) in [7, 11) is 0. The SMILES string of the molecule is C=C/C=C\c1c(C)nc(-c2ccccc2)n1-c1ccc(-c2c3ccccc3c(-c3ccc4ccccc4c3)c3ccccc23)cc1. The highest BCUT2D eigenvalue weighted by molar-refractivity contribution is 6.21. The molecule has 0 aliphatic rings. The Morgan fingerprint density at radius 1 is 0.543 bits per heavy atom. The summed E-state index contributed by atoms with van der Waals surface area (Å²) in [5.41, 5.74) is 9.10. The van der Waals surface area contributed by atoms with Gasteiger partial charge in [0.05, 0.1) is 11.4 Å². The first kappa shape index (κ1) is 27.6. The second kappa shape index (κ2) is 11.5. The molecule has 0 bridgehead atoms. The highest BCUT2D eigenvalue weighted by Gasteiger charge is 2.19. The fourth-order valence-corrected chi connectivity index (χ4v) is 6.81. The summed E-state index contributed by atoms with van der Waals surface area (Å²) in [5, 5.41) is 7.50. The fraction of sp³-hybridized carbons (Fsp3) is 0.0227. The molecule has 0 spiro atoms. The first-order valence-electron chi connectivity index (χ1n) is 15.7. The zero-order valence-corrected chi connectivity index (χ0v) is 25.7. The Bertz CT molecular complexity index is 2370. The van der Waals surface area contributed by atoms with Gasteiger partial charge in [-0.05, 0) is 85.8 Å². The summed E-state index contributed by atoms with van der Waals surface area (Å²) < 4.78 is 2.24. The standard InChI is InChI=1S/C44H32N2/c1-3-4-22-41-30(2)45-44(33-15-6-5-7-16-33)46(41)36-27-25-32(26-28-36)42-37-18-10-12-20-39(37)43(40-21-13-11-19-38(40)42)35-24-23-31-14-8-9-17-34(31)29-35/h3-29H,1H2,2H3/b22-4-. The highest BCUT2D eigenvalue weighted by atomic mass is 15.1. The normalized spacial score (nSPS) is 11.6. The molecule has 0 saturated heterocycles. The minimum Gasteiger partial charge on any atom is -0.293 e. The summed E-state index contributed by atoms with van der Waals surface area (Å²) >= 11 is 0. The molecule has 0 fully saturated rings. The average Bonchev–Trinajstić information content (AvgIpc) is 3.45. The molecule has 0 amide bonds. The Kier molecular flexibility index (Phi) is 6.89. The Hall–Kier alpha value is -5.99. The van der Waals surface area contributed by atoms with E-state index in [0.717, 1.165) is 28.5 Å². The summed E-state index contributed by atoms with van der Waals surface area (Å²) in [6.45, 7) is 5.95. The number of imidazole rings is 1. The summed E-state index contributed by atoms with van der Waals surface area (Å²) in [6, 6.07) is 52.4. The number of aromatic nitrogens is 2. The van der Waals surface area contributed by atoms with Gasteiger partial charge in [-0.1, -0.05) is 146 Å². The molecule has 1 aromatic heterocycles. The van der Waals surface area contributed by atoms with Crippen LogP contribution in [0.1, 0.15) is 11.4 Å². The molecule has 8 rings (SSSR count). The monoisotopic (exact) mass is 588 g/mol. The van der Waals surface area contributed by atoms with E-state index >= 15 is 0 Å². The lowest BCUT2D eigenvalue weighted by atomic mass is 9.85. The van der Waals surface area contributed by atoms with Crippen molar-refractivity contribution in [1.29, 1.82) is 0 Å². The van der Waals surface area contributed by atoms with E-state index in [1.54, 1.807) is 6.08 Å². The lowest BCUT2D eigenvalue weighted by Crippen LogP contribution is -2.00. The van der Waals surface area contributed by atoms with Gasteiger partial charge in [-0.3, -0.25) is 4.57 Å². The van der Waals surface area contributed by atoms with E-state index in [2.05, 4.69) is 164 Å². The zero-order valence-electron chi connectivity index (χ0n) is 25.7. The quantitative estimate of drug-likeness (QED) is 0.140. The third kappa shape index (κ3) is 4.63. The minimum atomic E-state index is 0.921. The minimum absolute atomic E-state index is 0.921. The second-order valence-corrected chi connectivity index (χ2v) is 11.7. The molecular formula is C44H32N2. The molecule has 2 heteroatoms. The Morgan fingerprint density at radius 2 is 1.09 bits per heavy atom. The first-order valence-corrected chi connectivity index (χ1v) is 15.7. The number of rotatable bonds is 6. The van der Waals surface area contributed by atoms with Crippen LogP contribution < -0.4 is 0 Å². The Morgan fingerprint density at radius 3 is 1.72 bits per heavy atom. The van der Waals surface area contributed by atoms with Crippen LogP contribution in [0.3, 0.4) is 0 Å². The first-order chi connectivity index (χ1) is 22.7. The molecule has 7 aromatic carbocycles. The van der Waals surface area contributed by atoms with Gasteiger partial charge >= 0.3 is 0 Å². The van der Waals surface area contributed by atoms with Crippen molar-refractivity contribution in [2.75, 3.05) is 0 Å². The largest absolute Gasteiger partial charge is 0.293 e. The molecular weight excluding hydrogens is 556 g/mol. The van der Waals surface area contributed by atoms with Gasteiger partial charge in [-0.15, -0.1) is 0 Å². The fourth-order valence-electron chi connectivity index (χ4n) is 6.81. The number of aryl methyl sites for hydroxylation is 1. The maximum Gasteiger partial charge on any atom is 0.145 e. The summed E-state index contributed by atoms with van der Waals surface area (Å²) in [4.78, 5) is 5.01. The van der Waals surface area contributed by atoms with Crippen molar-refractivity contribution in [2.45, 2.75) is 6.92 Å². The van der Waals surface area contributed by atoms with Crippen LogP contribution in [0.15, 0.2) is 164 Å². The van der Waals surface area contributed by atoms with Gasteiger partial charge in [-0.25, -0.2) is 4.98 Å². The van der Waals surface area contributed by atoms with Gasteiger partial charge in [0.1, 0.15) is 5.82 Å². The smallest absolute Gasteiger partial charge is 0.145 e. The van der Waals surface area contributed by atoms with Crippen molar-refractivity contribution < 1.29 is 0 Å². The van der Waals surface area contributed by atoms with Crippen LogP contribution in [0, 0.1) is 6.92 Å². The van der Waals surface area contributed by atoms with Crippen LogP contribution in [-0.4, -0.2) is 9.55 Å². The van der Waals surface area contributed by atoms with Crippen LogP contribution in [0.2, 0.25) is 0 Å². The van der Waals surface area contributed by atoms with E-state index in [1.807, 2.05) is 12.1 Å². The van der Waals surface area contributed by atoms with E-state index in [4.69, 9.17) is 4.98 Å². The molecule has 0 atom stereocenters. The second-order valence-electron chi connectivity index (χ2n) is 11.7. The van der Waals surface area contributed by atoms with Crippen LogP contribution in [0.5, 0.6) is 0 Å². The number of hydrogen-bond acceptors (Lipinski definition) is 1. The third-order valence-corrected chi connectivity index (χ3v) is 8.90. The molecule has 8 aromatic rings. The molecule has 46 heavy (non-hydrogen) atoms. The van der Waals surface area contributed by atoms with Crippen molar-refractivity contribution >= 4 is 38.4 Å². The number of fused-ring (bicyclic) bond motifs is 3. The van der Waals surface area contributed by atoms with Gasteiger partial charge in [0, 0.05) is 11.3 Å². The van der Waals surface area contributed by atoms with E-state index in [-0.39, 0.29) is 0 Å². The molecule has 2 nitrogen and oxygen atoms in total. The summed E-state index contributed by atoms with van der Waals surface area (Å²) in [6.07, 6.45) is 5.86. The van der Waals surface area contributed by atoms with Gasteiger partial charge < -0.3 is 0 Å². The molecule has 0 saturated carbocycles. The molecule has 0 unspecified atom stereocenters. The van der Waals surface area contributed by atoms with Crippen LogP contribution in [0.4, 0.5) is 0 Å². The topological polar surface area (TPSA) is 17.8 Å². The van der Waals surface area contributed by atoms with E-state index in [0.29, 0.717) is 0 Å². The third-order valence-electron chi connectivity index (χ3n) is 8.90. The van der Waals surface area contributed by atoms with Crippen molar-refractivity contribution in [3.8, 4) is 39.3 Å². The predicted octanol–water partition coefficient (Wildman–Crippen LogP) is 11.8. The lowest BCUT2D eigenvalue weighted by Gasteiger charge is -2.18. The van der Waals surface area contributed by atoms with Gasteiger partial charge in [0.15, 0.2) is 0 Å². The molecule has 1 heterocycles. The van der Waals surface area contributed by atoms with Gasteiger partial charge in [0.25, 0.3) is 0 Å². The zero-order chi connectivity index (χ0) is 31.0. The van der Waals surface area contributed by atoms with E-state index in [1.165, 1.54) is 54.6 Å². The average molecular weight is 589 g/mol. The van der Waals surface area contributed by atoms with Gasteiger partial charge in [0.2, 0.25) is 0 Å². The molecule has 0 radical (unpaired) electrons. The molecule has 0 aliphatic heterocycles. The number of allylic oxidation sites excluding steroid dienone is 2. The van der Waals surface area contributed by atoms with Crippen LogP contribution in [-0.2, 0) is 0 Å². The molecule has 0 aliphatic carbocycles. The van der Waals surface area contributed by atoms with E-state index < -0.39 is 0 Å². The Labute approximate surface area is 269 Å². The van der Waals surface area contributed by atoms with Crippen molar-refractivity contribution in [3.63, 3.8) is 0 Å². The van der Waals surface area contributed by atoms with E-state index in [9.17, 15) is 0 Å². The Balaban J connectivity index is 1.33. The van der Waals surface area contributed by atoms with Gasteiger partial charge in [-0.2, -0.15) is 0 Å². The number of benzene rings is 7. The van der Waals surface area contributed by atoms with Crippen molar-refractivity contribution in [1.82, 2.24) is 9.55 Å². The number of nitrogens with zero attached hydrogens (tertiary/aromatic N) is 2. The maximum absolute atomic E-state index is 5.01. The summed E-state index contributed by atoms with van der Waals surface area (Å²) in [5.74, 6) is 0.921. The van der Waals surface area contributed by atoms with Crippen molar-refractivity contribution in [2.24, 2.45) is 0 Å². The molecule has 218 valence electrons. The lowest BCUT2D eigenvalue weighted by molar-refractivity contribution is 1.05. The number of hydrogen-bond donors (Lipinski definition) is 0. The predicted molar refractivity (Wildman–Crippen MR) is 196 cm³/mol.